The van der Waals surface area contributed by atoms with Gasteiger partial charge in [0.25, 0.3) is 0 Å². The fraction of sp³-hybridized carbons (Fsp3) is 0.611. The zero-order valence-corrected chi connectivity index (χ0v) is 13.9. The molecular weight excluding hydrogens is 260 g/mol. The number of hydrogen-bond donors (Lipinski definition) is 1. The summed E-state index contributed by atoms with van der Waals surface area (Å²) in [5.74, 6) is 0.728. The summed E-state index contributed by atoms with van der Waals surface area (Å²) < 4.78 is 0. The quantitative estimate of drug-likeness (QED) is 0.800. The number of carbonyl (C=O) groups is 1. The zero-order valence-electron chi connectivity index (χ0n) is 13.9. The SMILES string of the molecule is CCN(CC)C(=O)C(CN)Cc1ccc(CC(C)C)cc1. The maximum absolute atomic E-state index is 12.4. The standard InChI is InChI=1S/C18H30N2O/c1-5-20(6-2)18(21)17(13-19)12-16-9-7-15(8-10-16)11-14(3)4/h7-10,14,17H,5-6,11-13,19H2,1-4H3. The number of nitrogens with two attached hydrogens (primary N) is 1. The molecule has 1 rings (SSSR count). The van der Waals surface area contributed by atoms with Gasteiger partial charge in [0.15, 0.2) is 0 Å². The smallest absolute Gasteiger partial charge is 0.227 e. The van der Waals surface area contributed by atoms with Gasteiger partial charge in [-0.3, -0.25) is 4.79 Å². The zero-order chi connectivity index (χ0) is 15.8. The molecule has 3 nitrogen and oxygen atoms in total. The third-order valence-corrected chi connectivity index (χ3v) is 3.86. The maximum Gasteiger partial charge on any atom is 0.227 e. The van der Waals surface area contributed by atoms with Crippen LogP contribution in [0.15, 0.2) is 24.3 Å². The maximum atomic E-state index is 12.4. The lowest BCUT2D eigenvalue weighted by Crippen LogP contribution is -2.39. The van der Waals surface area contributed by atoms with E-state index in [9.17, 15) is 4.79 Å². The average molecular weight is 290 g/mol. The Bertz CT molecular complexity index is 421. The molecule has 0 spiro atoms. The van der Waals surface area contributed by atoms with Gasteiger partial charge < -0.3 is 10.6 Å². The summed E-state index contributed by atoms with van der Waals surface area (Å²) >= 11 is 0. The third-order valence-electron chi connectivity index (χ3n) is 3.86. The van der Waals surface area contributed by atoms with Gasteiger partial charge in [0.1, 0.15) is 0 Å². The van der Waals surface area contributed by atoms with Crippen molar-refractivity contribution in [2.45, 2.75) is 40.5 Å². The van der Waals surface area contributed by atoms with Crippen molar-refractivity contribution in [3.63, 3.8) is 0 Å². The third kappa shape index (κ3) is 5.50. The molecule has 1 amide bonds. The van der Waals surface area contributed by atoms with Crippen LogP contribution in [-0.2, 0) is 17.6 Å². The van der Waals surface area contributed by atoms with Gasteiger partial charge in [0.05, 0.1) is 5.92 Å². The van der Waals surface area contributed by atoms with Crippen molar-refractivity contribution in [3.05, 3.63) is 35.4 Å². The highest BCUT2D eigenvalue weighted by atomic mass is 16.2. The van der Waals surface area contributed by atoms with E-state index in [2.05, 4.69) is 38.1 Å². The Morgan fingerprint density at radius 2 is 1.52 bits per heavy atom. The van der Waals surface area contributed by atoms with E-state index < -0.39 is 0 Å². The summed E-state index contributed by atoms with van der Waals surface area (Å²) in [6.07, 6.45) is 1.83. The fourth-order valence-corrected chi connectivity index (χ4v) is 2.63. The van der Waals surface area contributed by atoms with E-state index in [4.69, 9.17) is 5.73 Å². The van der Waals surface area contributed by atoms with Crippen LogP contribution in [0.2, 0.25) is 0 Å². The molecule has 2 N–H and O–H groups in total. The lowest BCUT2D eigenvalue weighted by molar-refractivity contribution is -0.134. The molecule has 1 aromatic rings. The molecule has 0 aliphatic rings. The van der Waals surface area contributed by atoms with Crippen LogP contribution in [0.3, 0.4) is 0 Å². The van der Waals surface area contributed by atoms with Gasteiger partial charge in [0.2, 0.25) is 5.91 Å². The number of nitrogens with zero attached hydrogens (tertiary/aromatic N) is 1. The van der Waals surface area contributed by atoms with Gasteiger partial charge in [-0.1, -0.05) is 38.1 Å². The highest BCUT2D eigenvalue weighted by Gasteiger charge is 2.21. The molecular formula is C18H30N2O. The Balaban J connectivity index is 2.70. The first-order chi connectivity index (χ1) is 10.0. The molecule has 0 aliphatic heterocycles. The Hall–Kier alpha value is -1.35. The van der Waals surface area contributed by atoms with Crippen molar-refractivity contribution in [3.8, 4) is 0 Å². The molecule has 0 aliphatic carbocycles. The van der Waals surface area contributed by atoms with Crippen LogP contribution in [0.25, 0.3) is 0 Å². The van der Waals surface area contributed by atoms with Crippen LogP contribution in [0.5, 0.6) is 0 Å². The van der Waals surface area contributed by atoms with Gasteiger partial charge >= 0.3 is 0 Å². The minimum Gasteiger partial charge on any atom is -0.343 e. The van der Waals surface area contributed by atoms with Crippen LogP contribution in [-0.4, -0.2) is 30.4 Å². The molecule has 0 aromatic heterocycles. The fourth-order valence-electron chi connectivity index (χ4n) is 2.63. The van der Waals surface area contributed by atoms with E-state index in [0.29, 0.717) is 12.5 Å². The Labute approximate surface area is 129 Å². The van der Waals surface area contributed by atoms with Gasteiger partial charge in [-0.15, -0.1) is 0 Å². The predicted octanol–water partition coefficient (Wildman–Crippen LogP) is 2.87. The molecule has 118 valence electrons. The summed E-state index contributed by atoms with van der Waals surface area (Å²) in [5.41, 5.74) is 8.36. The second-order valence-corrected chi connectivity index (χ2v) is 6.06. The normalized spacial score (nSPS) is 12.5. The predicted molar refractivity (Wildman–Crippen MR) is 89.2 cm³/mol. The Kier molecular flexibility index (Phi) is 7.44. The summed E-state index contributed by atoms with van der Waals surface area (Å²) in [6, 6.07) is 8.61. The van der Waals surface area contributed by atoms with Gasteiger partial charge in [-0.2, -0.15) is 0 Å². The summed E-state index contributed by atoms with van der Waals surface area (Å²) in [4.78, 5) is 14.3. The number of benzene rings is 1. The van der Waals surface area contributed by atoms with Crippen LogP contribution in [0, 0.1) is 11.8 Å². The largest absolute Gasteiger partial charge is 0.343 e. The number of amides is 1. The molecule has 1 atom stereocenters. The summed E-state index contributed by atoms with van der Waals surface area (Å²) in [5, 5.41) is 0. The number of carbonyl (C=O) groups excluding carboxylic acids is 1. The van der Waals surface area contributed by atoms with Crippen LogP contribution >= 0.6 is 0 Å². The summed E-state index contributed by atoms with van der Waals surface area (Å²) in [7, 11) is 0. The van der Waals surface area contributed by atoms with Crippen LogP contribution in [0.4, 0.5) is 0 Å². The van der Waals surface area contributed by atoms with Gasteiger partial charge in [-0.05, 0) is 43.7 Å². The molecule has 0 bridgehead atoms. The second-order valence-electron chi connectivity index (χ2n) is 6.06. The minimum absolute atomic E-state index is 0.110. The van der Waals surface area contributed by atoms with Crippen LogP contribution in [0.1, 0.15) is 38.8 Å². The highest BCUT2D eigenvalue weighted by Crippen LogP contribution is 2.14. The average Bonchev–Trinajstić information content (AvgIpc) is 2.47. The van der Waals surface area contributed by atoms with E-state index in [1.165, 1.54) is 11.1 Å². The first kappa shape index (κ1) is 17.7. The molecule has 0 heterocycles. The molecule has 3 heteroatoms. The van der Waals surface area contributed by atoms with E-state index >= 15 is 0 Å². The van der Waals surface area contributed by atoms with Crippen molar-refractivity contribution in [1.29, 1.82) is 0 Å². The van der Waals surface area contributed by atoms with E-state index in [1.807, 2.05) is 18.7 Å². The van der Waals surface area contributed by atoms with E-state index in [-0.39, 0.29) is 11.8 Å². The highest BCUT2D eigenvalue weighted by molar-refractivity contribution is 5.79. The molecule has 0 saturated heterocycles. The Morgan fingerprint density at radius 3 is 1.90 bits per heavy atom. The van der Waals surface area contributed by atoms with E-state index in [1.54, 1.807) is 0 Å². The van der Waals surface area contributed by atoms with Gasteiger partial charge in [0, 0.05) is 19.6 Å². The number of hydrogen-bond acceptors (Lipinski definition) is 2. The van der Waals surface area contributed by atoms with Crippen molar-refractivity contribution in [2.75, 3.05) is 19.6 Å². The number of rotatable bonds is 8. The molecule has 1 aromatic carbocycles. The molecule has 0 fully saturated rings. The Morgan fingerprint density at radius 1 is 1.05 bits per heavy atom. The lowest BCUT2D eigenvalue weighted by Gasteiger charge is -2.24. The lowest BCUT2D eigenvalue weighted by atomic mass is 9.95. The first-order valence-corrected chi connectivity index (χ1v) is 8.08. The van der Waals surface area contributed by atoms with E-state index in [0.717, 1.165) is 25.9 Å². The summed E-state index contributed by atoms with van der Waals surface area (Å²) in [6.45, 7) is 10.4. The second kappa shape index (κ2) is 8.83. The molecule has 0 radical (unpaired) electrons. The molecule has 1 unspecified atom stereocenters. The van der Waals surface area contributed by atoms with Crippen molar-refractivity contribution in [2.24, 2.45) is 17.6 Å². The topological polar surface area (TPSA) is 46.3 Å². The molecule has 21 heavy (non-hydrogen) atoms. The van der Waals surface area contributed by atoms with Crippen molar-refractivity contribution in [1.82, 2.24) is 4.90 Å². The van der Waals surface area contributed by atoms with Crippen LogP contribution < -0.4 is 5.73 Å². The van der Waals surface area contributed by atoms with Gasteiger partial charge in [-0.25, -0.2) is 0 Å². The molecule has 0 saturated carbocycles. The van der Waals surface area contributed by atoms with Crippen molar-refractivity contribution < 1.29 is 4.79 Å². The monoisotopic (exact) mass is 290 g/mol. The van der Waals surface area contributed by atoms with Crippen molar-refractivity contribution >= 4 is 5.91 Å². The minimum atomic E-state index is -0.110. The first-order valence-electron chi connectivity index (χ1n) is 8.08.